The lowest BCUT2D eigenvalue weighted by atomic mass is 9.92. The van der Waals surface area contributed by atoms with Crippen molar-refractivity contribution >= 4 is 28.7 Å². The van der Waals surface area contributed by atoms with Crippen LogP contribution in [0.5, 0.6) is 0 Å². The Morgan fingerprint density at radius 1 is 1.21 bits per heavy atom. The molecule has 2 aromatic rings. The smallest absolute Gasteiger partial charge is 0.269 e. The van der Waals surface area contributed by atoms with Crippen LogP contribution in [-0.4, -0.2) is 30.1 Å². The first-order valence-corrected chi connectivity index (χ1v) is 10.9. The van der Waals surface area contributed by atoms with Crippen molar-refractivity contribution in [2.75, 3.05) is 28.5 Å². The Bertz CT molecular complexity index is 1150. The molecular weight excluding hydrogens is 426 g/mol. The second kappa shape index (κ2) is 7.58. The molecular formula is C23H24N5O5-. The Hall–Kier alpha value is -3.95. The second-order valence-electron chi connectivity index (χ2n) is 8.33. The monoisotopic (exact) mass is 450 g/mol. The number of nitro benzene ring substituents is 1. The number of carbonyl (C=O) groups is 1. The molecule has 1 aliphatic carbocycles. The van der Waals surface area contributed by atoms with E-state index in [2.05, 4.69) is 5.43 Å². The van der Waals surface area contributed by atoms with E-state index in [1.54, 1.807) is 31.0 Å². The number of nitrogens with one attached hydrogen (secondary N) is 1. The number of fused-ring (bicyclic) bond motifs is 2. The van der Waals surface area contributed by atoms with Gasteiger partial charge < -0.3 is 14.7 Å². The van der Waals surface area contributed by atoms with Gasteiger partial charge in [0.05, 0.1) is 33.8 Å². The largest absolute Gasteiger partial charge is 0.611 e. The Morgan fingerprint density at radius 3 is 2.58 bits per heavy atom. The van der Waals surface area contributed by atoms with Gasteiger partial charge >= 0.3 is 0 Å². The third-order valence-corrected chi connectivity index (χ3v) is 6.71. The van der Waals surface area contributed by atoms with Crippen molar-refractivity contribution in [2.24, 2.45) is 5.92 Å². The fourth-order valence-electron chi connectivity index (χ4n) is 5.34. The highest BCUT2D eigenvalue weighted by Crippen LogP contribution is 2.55. The van der Waals surface area contributed by atoms with Crippen LogP contribution in [0.2, 0.25) is 0 Å². The first-order chi connectivity index (χ1) is 15.9. The average Bonchev–Trinajstić information content (AvgIpc) is 3.39. The maximum absolute atomic E-state index is 13.7. The highest BCUT2D eigenvalue weighted by molar-refractivity contribution is 6.02. The SMILES string of the molecule is CCOC([O-])=C1NN(c2ccc([N+](=O)[O-])cc2)[C@@]23CCC[C@@H]2C(=O)N(C)c2ccccc2N13. The molecule has 1 saturated carbocycles. The van der Waals surface area contributed by atoms with Crippen molar-refractivity contribution in [3.63, 3.8) is 0 Å². The topological polar surface area (TPSA) is 114 Å². The minimum atomic E-state index is -0.907. The Kier molecular flexibility index (Phi) is 4.80. The number of ether oxygens (including phenoxy) is 1. The number of non-ortho nitro benzene ring substituents is 1. The van der Waals surface area contributed by atoms with Crippen LogP contribution in [0.3, 0.4) is 0 Å². The minimum absolute atomic E-state index is 0.0353. The molecule has 3 aliphatic rings. The normalized spacial score (nSPS) is 25.1. The summed E-state index contributed by atoms with van der Waals surface area (Å²) < 4.78 is 5.37. The summed E-state index contributed by atoms with van der Waals surface area (Å²) in [4.78, 5) is 28.0. The van der Waals surface area contributed by atoms with Gasteiger partial charge in [-0.1, -0.05) is 19.1 Å². The average molecular weight is 450 g/mol. The van der Waals surface area contributed by atoms with Gasteiger partial charge in [0.2, 0.25) is 5.91 Å². The number of para-hydroxylation sites is 2. The highest BCUT2D eigenvalue weighted by Gasteiger charge is 2.62. The molecule has 0 radical (unpaired) electrons. The van der Waals surface area contributed by atoms with E-state index in [1.807, 2.05) is 34.2 Å². The quantitative estimate of drug-likeness (QED) is 0.429. The summed E-state index contributed by atoms with van der Waals surface area (Å²) in [5, 5.41) is 26.1. The molecule has 1 N–H and O–H groups in total. The molecule has 0 unspecified atom stereocenters. The number of amides is 1. The standard InChI is InChI=1S/C23H25N5O5/c1-3-33-22(30)20-24-27(15-10-12-16(13-11-15)28(31)32)23-14-6-7-17(23)21(29)25(2)18-8-4-5-9-19(18)26(20)23/h4-5,8-13,17,24,30H,3,6-7,14H2,1-2H3/p-1/t17-,23+/m1/s1. The summed E-state index contributed by atoms with van der Waals surface area (Å²) in [6.45, 7) is 1.94. The number of carbonyl (C=O) groups excluding carboxylic acids is 1. The van der Waals surface area contributed by atoms with Crippen LogP contribution < -0.4 is 25.3 Å². The number of nitro groups is 1. The third kappa shape index (κ3) is 2.90. The van der Waals surface area contributed by atoms with Crippen LogP contribution >= 0.6 is 0 Å². The lowest BCUT2D eigenvalue weighted by Gasteiger charge is -2.43. The molecule has 0 bridgehead atoms. The molecule has 33 heavy (non-hydrogen) atoms. The first-order valence-electron chi connectivity index (χ1n) is 10.9. The van der Waals surface area contributed by atoms with E-state index in [4.69, 9.17) is 4.74 Å². The van der Waals surface area contributed by atoms with Crippen molar-refractivity contribution in [2.45, 2.75) is 31.8 Å². The van der Waals surface area contributed by atoms with Gasteiger partial charge in [-0.05, 0) is 50.1 Å². The van der Waals surface area contributed by atoms with Crippen molar-refractivity contribution < 1.29 is 19.6 Å². The number of nitrogens with zero attached hydrogens (tertiary/aromatic N) is 4. The maximum atomic E-state index is 13.7. The summed E-state index contributed by atoms with van der Waals surface area (Å²) in [5.74, 6) is -0.790. The van der Waals surface area contributed by atoms with Gasteiger partial charge in [-0.25, -0.2) is 0 Å². The van der Waals surface area contributed by atoms with E-state index in [0.29, 0.717) is 24.2 Å². The van der Waals surface area contributed by atoms with Crippen molar-refractivity contribution in [1.29, 1.82) is 0 Å². The zero-order valence-electron chi connectivity index (χ0n) is 18.4. The van der Waals surface area contributed by atoms with Crippen molar-refractivity contribution in [3.8, 4) is 0 Å². The van der Waals surface area contributed by atoms with Gasteiger partial charge in [0.25, 0.3) is 5.69 Å². The zero-order chi connectivity index (χ0) is 23.3. The summed E-state index contributed by atoms with van der Waals surface area (Å²) >= 11 is 0. The molecule has 2 atom stereocenters. The summed E-state index contributed by atoms with van der Waals surface area (Å²) in [5.41, 5.74) is 4.30. The van der Waals surface area contributed by atoms with E-state index in [0.717, 1.165) is 12.1 Å². The molecule has 0 aromatic heterocycles. The predicted octanol–water partition coefficient (Wildman–Crippen LogP) is 2.42. The fraction of sp³-hybridized carbons (Fsp3) is 0.348. The lowest BCUT2D eigenvalue weighted by molar-refractivity contribution is -0.384. The molecule has 172 valence electrons. The number of hydrazine groups is 1. The maximum Gasteiger partial charge on any atom is 0.269 e. The van der Waals surface area contributed by atoms with Crippen LogP contribution in [0.1, 0.15) is 26.2 Å². The first kappa shape index (κ1) is 20.9. The summed E-state index contributed by atoms with van der Waals surface area (Å²) in [6, 6.07) is 13.6. The molecule has 1 saturated heterocycles. The van der Waals surface area contributed by atoms with Crippen LogP contribution in [0.15, 0.2) is 60.3 Å². The predicted molar refractivity (Wildman–Crippen MR) is 120 cm³/mol. The van der Waals surface area contributed by atoms with E-state index < -0.39 is 22.4 Å². The van der Waals surface area contributed by atoms with Crippen LogP contribution in [0.4, 0.5) is 22.7 Å². The van der Waals surface area contributed by atoms with Gasteiger partial charge in [0, 0.05) is 19.2 Å². The molecule has 2 aliphatic heterocycles. The number of rotatable bonds is 4. The molecule has 2 aromatic carbocycles. The second-order valence-corrected chi connectivity index (χ2v) is 8.33. The number of hydrogen-bond acceptors (Lipinski definition) is 8. The van der Waals surface area contributed by atoms with Crippen molar-refractivity contribution in [1.82, 2.24) is 5.43 Å². The van der Waals surface area contributed by atoms with E-state index in [1.165, 1.54) is 12.1 Å². The molecule has 2 fully saturated rings. The van der Waals surface area contributed by atoms with E-state index in [-0.39, 0.29) is 24.0 Å². The van der Waals surface area contributed by atoms with Crippen LogP contribution in [0, 0.1) is 16.0 Å². The van der Waals surface area contributed by atoms with E-state index >= 15 is 0 Å². The highest BCUT2D eigenvalue weighted by atomic mass is 16.6. The summed E-state index contributed by atoms with van der Waals surface area (Å²) in [7, 11) is 1.75. The molecule has 10 heteroatoms. The number of hydrogen-bond donors (Lipinski definition) is 1. The van der Waals surface area contributed by atoms with Crippen LogP contribution in [-0.2, 0) is 9.53 Å². The van der Waals surface area contributed by atoms with Gasteiger partial charge in [0.15, 0.2) is 0 Å². The van der Waals surface area contributed by atoms with Gasteiger partial charge in [-0.2, -0.15) is 0 Å². The Labute approximate surface area is 190 Å². The molecule has 10 nitrogen and oxygen atoms in total. The third-order valence-electron chi connectivity index (χ3n) is 6.71. The van der Waals surface area contributed by atoms with E-state index in [9.17, 15) is 20.0 Å². The molecule has 1 amide bonds. The molecule has 1 spiro atoms. The molecule has 2 heterocycles. The van der Waals surface area contributed by atoms with Gasteiger partial charge in [-0.15, -0.1) is 0 Å². The lowest BCUT2D eigenvalue weighted by Crippen LogP contribution is -2.60. The molecule has 5 rings (SSSR count). The Balaban J connectivity index is 1.76. The summed E-state index contributed by atoms with van der Waals surface area (Å²) in [6.07, 6.45) is 2.04. The van der Waals surface area contributed by atoms with Gasteiger partial charge in [-0.3, -0.25) is 30.2 Å². The van der Waals surface area contributed by atoms with Gasteiger partial charge in [0.1, 0.15) is 11.5 Å². The minimum Gasteiger partial charge on any atom is -0.611 e. The number of benzene rings is 2. The number of anilines is 3. The Morgan fingerprint density at radius 2 is 1.91 bits per heavy atom. The zero-order valence-corrected chi connectivity index (χ0v) is 18.4. The fourth-order valence-corrected chi connectivity index (χ4v) is 5.34. The van der Waals surface area contributed by atoms with Crippen LogP contribution in [0.25, 0.3) is 0 Å². The van der Waals surface area contributed by atoms with Crippen molar-refractivity contribution in [3.05, 3.63) is 70.4 Å².